The molecular weight excluding hydrogens is 284 g/mol. The molecule has 0 radical (unpaired) electrons. The fraction of sp³-hybridized carbons (Fsp3) is 0.500. The standard InChI is InChI=1S/C12H17BrN2O2/c1-4-8(2)9(3)14-12-6-5-10(15(16)17)7-11(12)13/h5-9,14H,4H2,1-3H3. The summed E-state index contributed by atoms with van der Waals surface area (Å²) in [4.78, 5) is 10.2. The first kappa shape index (κ1) is 14.0. The van der Waals surface area contributed by atoms with Crippen LogP contribution < -0.4 is 5.32 Å². The summed E-state index contributed by atoms with van der Waals surface area (Å²) in [5.41, 5.74) is 0.988. The van der Waals surface area contributed by atoms with Crippen molar-refractivity contribution in [2.24, 2.45) is 5.92 Å². The number of benzene rings is 1. The largest absolute Gasteiger partial charge is 0.381 e. The fourth-order valence-corrected chi connectivity index (χ4v) is 1.96. The second kappa shape index (κ2) is 6.00. The SMILES string of the molecule is CCC(C)C(C)Nc1ccc([N+](=O)[O-])cc1Br. The Morgan fingerprint density at radius 1 is 1.47 bits per heavy atom. The van der Waals surface area contributed by atoms with Crippen molar-refractivity contribution in [3.63, 3.8) is 0 Å². The van der Waals surface area contributed by atoms with E-state index in [9.17, 15) is 10.1 Å². The Morgan fingerprint density at radius 2 is 2.12 bits per heavy atom. The highest BCUT2D eigenvalue weighted by Crippen LogP contribution is 2.28. The lowest BCUT2D eigenvalue weighted by atomic mass is 10.0. The lowest BCUT2D eigenvalue weighted by Crippen LogP contribution is -2.23. The smallest absolute Gasteiger partial charge is 0.270 e. The molecule has 0 saturated heterocycles. The minimum Gasteiger partial charge on any atom is -0.381 e. The number of anilines is 1. The summed E-state index contributed by atoms with van der Waals surface area (Å²) in [6, 6.07) is 5.10. The Morgan fingerprint density at radius 3 is 2.59 bits per heavy atom. The zero-order valence-corrected chi connectivity index (χ0v) is 11.8. The first-order valence-corrected chi connectivity index (χ1v) is 6.45. The average molecular weight is 301 g/mol. The number of hydrogen-bond donors (Lipinski definition) is 1. The van der Waals surface area contributed by atoms with Gasteiger partial charge in [-0.1, -0.05) is 20.3 Å². The molecule has 94 valence electrons. The van der Waals surface area contributed by atoms with Gasteiger partial charge in [0.25, 0.3) is 5.69 Å². The van der Waals surface area contributed by atoms with Crippen molar-refractivity contribution in [3.8, 4) is 0 Å². The minimum atomic E-state index is -0.396. The van der Waals surface area contributed by atoms with Gasteiger partial charge in [-0.2, -0.15) is 0 Å². The van der Waals surface area contributed by atoms with Crippen LogP contribution in [0.15, 0.2) is 22.7 Å². The predicted molar refractivity (Wildman–Crippen MR) is 73.3 cm³/mol. The molecule has 0 aliphatic rings. The molecule has 1 N–H and O–H groups in total. The van der Waals surface area contributed by atoms with Crippen molar-refractivity contribution in [1.82, 2.24) is 0 Å². The van der Waals surface area contributed by atoms with Crippen LogP contribution in [0.25, 0.3) is 0 Å². The molecule has 0 aliphatic carbocycles. The highest BCUT2D eigenvalue weighted by atomic mass is 79.9. The monoisotopic (exact) mass is 300 g/mol. The predicted octanol–water partition coefficient (Wildman–Crippen LogP) is 4.20. The van der Waals surface area contributed by atoms with E-state index in [1.54, 1.807) is 6.07 Å². The third-order valence-electron chi connectivity index (χ3n) is 3.04. The highest BCUT2D eigenvalue weighted by molar-refractivity contribution is 9.10. The van der Waals surface area contributed by atoms with E-state index in [4.69, 9.17) is 0 Å². The quantitative estimate of drug-likeness (QED) is 0.655. The summed E-state index contributed by atoms with van der Waals surface area (Å²) in [6.07, 6.45) is 1.10. The third kappa shape index (κ3) is 3.70. The maximum atomic E-state index is 10.6. The topological polar surface area (TPSA) is 55.2 Å². The van der Waals surface area contributed by atoms with Gasteiger partial charge in [0.2, 0.25) is 0 Å². The normalized spacial score (nSPS) is 14.1. The van der Waals surface area contributed by atoms with Gasteiger partial charge in [0.1, 0.15) is 0 Å². The van der Waals surface area contributed by atoms with Crippen LogP contribution in [0, 0.1) is 16.0 Å². The van der Waals surface area contributed by atoms with Crippen LogP contribution in [0.2, 0.25) is 0 Å². The maximum absolute atomic E-state index is 10.6. The van der Waals surface area contributed by atoms with Crippen molar-refractivity contribution in [3.05, 3.63) is 32.8 Å². The first-order valence-electron chi connectivity index (χ1n) is 5.66. The summed E-state index contributed by atoms with van der Waals surface area (Å²) >= 11 is 3.35. The Bertz CT molecular complexity index is 409. The number of nitro groups is 1. The van der Waals surface area contributed by atoms with Crippen LogP contribution in [0.4, 0.5) is 11.4 Å². The molecule has 0 aliphatic heterocycles. The number of hydrogen-bond acceptors (Lipinski definition) is 3. The van der Waals surface area contributed by atoms with Gasteiger partial charge in [-0.3, -0.25) is 10.1 Å². The van der Waals surface area contributed by atoms with Gasteiger partial charge in [0.05, 0.1) is 4.92 Å². The molecule has 0 bridgehead atoms. The summed E-state index contributed by atoms with van der Waals surface area (Å²) < 4.78 is 0.724. The van der Waals surface area contributed by atoms with E-state index in [0.29, 0.717) is 12.0 Å². The summed E-state index contributed by atoms with van der Waals surface area (Å²) in [7, 11) is 0. The Balaban J connectivity index is 2.82. The maximum Gasteiger partial charge on any atom is 0.270 e. The Labute approximate surface area is 110 Å². The first-order chi connectivity index (χ1) is 7.95. The molecule has 2 atom stereocenters. The van der Waals surface area contributed by atoms with Crippen LogP contribution in [-0.2, 0) is 0 Å². The number of nitrogens with one attached hydrogen (secondary N) is 1. The molecule has 0 aromatic heterocycles. The number of nitrogens with zero attached hydrogens (tertiary/aromatic N) is 1. The summed E-state index contributed by atoms with van der Waals surface area (Å²) in [6.45, 7) is 6.44. The lowest BCUT2D eigenvalue weighted by Gasteiger charge is -2.21. The van der Waals surface area contributed by atoms with Crippen molar-refractivity contribution >= 4 is 27.3 Å². The van der Waals surface area contributed by atoms with Crippen LogP contribution in [-0.4, -0.2) is 11.0 Å². The molecule has 0 amide bonds. The van der Waals surface area contributed by atoms with E-state index in [1.807, 2.05) is 0 Å². The second-order valence-corrected chi connectivity index (χ2v) is 5.09. The minimum absolute atomic E-state index is 0.0959. The van der Waals surface area contributed by atoms with Crippen LogP contribution >= 0.6 is 15.9 Å². The van der Waals surface area contributed by atoms with Crippen LogP contribution in [0.5, 0.6) is 0 Å². The fourth-order valence-electron chi connectivity index (χ4n) is 1.48. The van der Waals surface area contributed by atoms with E-state index in [1.165, 1.54) is 12.1 Å². The van der Waals surface area contributed by atoms with Crippen LogP contribution in [0.3, 0.4) is 0 Å². The van der Waals surface area contributed by atoms with Gasteiger partial charge in [-0.25, -0.2) is 0 Å². The molecule has 0 spiro atoms. The van der Waals surface area contributed by atoms with E-state index < -0.39 is 4.92 Å². The second-order valence-electron chi connectivity index (χ2n) is 4.24. The number of non-ortho nitro benzene ring substituents is 1. The molecule has 4 nitrogen and oxygen atoms in total. The van der Waals surface area contributed by atoms with Gasteiger partial charge in [0, 0.05) is 28.3 Å². The molecule has 2 unspecified atom stereocenters. The molecule has 0 saturated carbocycles. The lowest BCUT2D eigenvalue weighted by molar-refractivity contribution is -0.384. The van der Waals surface area contributed by atoms with Crippen molar-refractivity contribution < 1.29 is 4.92 Å². The number of rotatable bonds is 5. The average Bonchev–Trinajstić information content (AvgIpc) is 2.30. The number of nitro benzene ring substituents is 1. The van der Waals surface area contributed by atoms with E-state index in [2.05, 4.69) is 42.0 Å². The van der Waals surface area contributed by atoms with Gasteiger partial charge in [0.15, 0.2) is 0 Å². The van der Waals surface area contributed by atoms with Gasteiger partial charge in [-0.05, 0) is 34.8 Å². The molecular formula is C12H17BrN2O2. The van der Waals surface area contributed by atoms with Crippen LogP contribution in [0.1, 0.15) is 27.2 Å². The molecule has 1 aromatic rings. The van der Waals surface area contributed by atoms with Gasteiger partial charge in [-0.15, -0.1) is 0 Å². The third-order valence-corrected chi connectivity index (χ3v) is 3.70. The molecule has 1 aromatic carbocycles. The van der Waals surface area contributed by atoms with E-state index in [-0.39, 0.29) is 5.69 Å². The zero-order chi connectivity index (χ0) is 13.0. The zero-order valence-electron chi connectivity index (χ0n) is 10.2. The van der Waals surface area contributed by atoms with E-state index in [0.717, 1.165) is 16.6 Å². The van der Waals surface area contributed by atoms with Crippen molar-refractivity contribution in [1.29, 1.82) is 0 Å². The number of halogens is 1. The summed E-state index contributed by atoms with van der Waals surface area (Å²) in [5, 5.41) is 14.0. The molecule has 0 heterocycles. The molecule has 17 heavy (non-hydrogen) atoms. The van der Waals surface area contributed by atoms with Gasteiger partial charge >= 0.3 is 0 Å². The molecule has 5 heteroatoms. The highest BCUT2D eigenvalue weighted by Gasteiger charge is 2.13. The molecule has 1 rings (SSSR count). The Kier molecular flexibility index (Phi) is 4.93. The molecule has 0 fully saturated rings. The Hall–Kier alpha value is -1.10. The summed E-state index contributed by atoms with van der Waals surface area (Å²) in [5.74, 6) is 0.553. The van der Waals surface area contributed by atoms with Crippen molar-refractivity contribution in [2.45, 2.75) is 33.2 Å². The van der Waals surface area contributed by atoms with Gasteiger partial charge < -0.3 is 5.32 Å². The van der Waals surface area contributed by atoms with Crippen molar-refractivity contribution in [2.75, 3.05) is 5.32 Å². The van der Waals surface area contributed by atoms with E-state index >= 15 is 0 Å².